The number of benzene rings is 1. The Morgan fingerprint density at radius 3 is 2.26 bits per heavy atom. The number of phenols is 1. The van der Waals surface area contributed by atoms with Gasteiger partial charge >= 0.3 is 0 Å². The topological polar surface area (TPSA) is 56.9 Å². The van der Waals surface area contributed by atoms with Gasteiger partial charge in [0.25, 0.3) is 0 Å². The number of rotatable bonds is 1. The van der Waals surface area contributed by atoms with Crippen molar-refractivity contribution >= 4 is 41.7 Å². The van der Waals surface area contributed by atoms with Crippen molar-refractivity contribution in [1.82, 2.24) is 4.90 Å². The minimum absolute atomic E-state index is 0. The number of fused-ring (bicyclic) bond motifs is 1. The van der Waals surface area contributed by atoms with Gasteiger partial charge in [-0.1, -0.05) is 0 Å². The summed E-state index contributed by atoms with van der Waals surface area (Å²) >= 11 is 0. The van der Waals surface area contributed by atoms with Crippen LogP contribution >= 0.6 is 24.8 Å². The van der Waals surface area contributed by atoms with Crippen molar-refractivity contribution in [3.63, 3.8) is 0 Å². The zero-order valence-electron chi connectivity index (χ0n) is 13.5. The first-order valence-electron chi connectivity index (χ1n) is 7.18. The molecule has 0 aliphatic carbocycles. The van der Waals surface area contributed by atoms with E-state index in [1.165, 1.54) is 0 Å². The van der Waals surface area contributed by atoms with Gasteiger partial charge in [0.2, 0.25) is 5.88 Å². The molecule has 3 rings (SSSR count). The van der Waals surface area contributed by atoms with Crippen LogP contribution in [0.1, 0.15) is 11.1 Å². The zero-order valence-corrected chi connectivity index (χ0v) is 15.1. The summed E-state index contributed by atoms with van der Waals surface area (Å²) in [5.74, 6) is 0.785. The van der Waals surface area contributed by atoms with Crippen molar-refractivity contribution in [1.29, 1.82) is 0 Å². The number of piperazine rings is 1. The molecular formula is C16H22Cl2N2O3. The predicted octanol–water partition coefficient (Wildman–Crippen LogP) is 2.71. The quantitative estimate of drug-likeness (QED) is 0.847. The van der Waals surface area contributed by atoms with Gasteiger partial charge in [-0.15, -0.1) is 24.8 Å². The Labute approximate surface area is 147 Å². The predicted molar refractivity (Wildman–Crippen MR) is 97.8 cm³/mol. The highest BCUT2D eigenvalue weighted by Gasteiger charge is 2.21. The van der Waals surface area contributed by atoms with Crippen molar-refractivity contribution < 1.29 is 9.52 Å². The van der Waals surface area contributed by atoms with Gasteiger partial charge in [-0.2, -0.15) is 0 Å². The summed E-state index contributed by atoms with van der Waals surface area (Å²) in [7, 11) is 2.09. The molecule has 1 N–H and O–H groups in total. The number of aromatic hydroxyl groups is 1. The minimum Gasteiger partial charge on any atom is -0.508 e. The Morgan fingerprint density at radius 1 is 1.04 bits per heavy atom. The molecule has 0 spiro atoms. The van der Waals surface area contributed by atoms with E-state index in [4.69, 9.17) is 4.42 Å². The van der Waals surface area contributed by atoms with E-state index < -0.39 is 0 Å². The Morgan fingerprint density at radius 2 is 1.65 bits per heavy atom. The van der Waals surface area contributed by atoms with Gasteiger partial charge < -0.3 is 19.3 Å². The molecule has 1 aromatic carbocycles. The van der Waals surface area contributed by atoms with E-state index in [-0.39, 0.29) is 36.0 Å². The van der Waals surface area contributed by atoms with Crippen molar-refractivity contribution in [3.05, 3.63) is 33.5 Å². The van der Waals surface area contributed by atoms with Crippen LogP contribution in [0.15, 0.2) is 21.3 Å². The molecule has 0 amide bonds. The second kappa shape index (κ2) is 7.43. The number of anilines is 1. The molecule has 1 fully saturated rings. The fourth-order valence-electron chi connectivity index (χ4n) is 2.78. The fourth-order valence-corrected chi connectivity index (χ4v) is 2.78. The maximum atomic E-state index is 12.5. The molecule has 0 unspecified atom stereocenters. The Hall–Kier alpha value is -1.43. The van der Waals surface area contributed by atoms with Gasteiger partial charge in [-0.05, 0) is 33.0 Å². The molecule has 0 atom stereocenters. The molecule has 7 heteroatoms. The maximum Gasteiger partial charge on any atom is 0.203 e. The van der Waals surface area contributed by atoms with Crippen LogP contribution in [-0.2, 0) is 0 Å². The molecule has 2 heterocycles. The maximum absolute atomic E-state index is 12.5. The molecule has 5 nitrogen and oxygen atoms in total. The highest BCUT2D eigenvalue weighted by Crippen LogP contribution is 2.29. The summed E-state index contributed by atoms with van der Waals surface area (Å²) in [5, 5.41) is 10.4. The lowest BCUT2D eigenvalue weighted by atomic mass is 10.1. The third-order valence-electron chi connectivity index (χ3n) is 4.27. The first-order valence-corrected chi connectivity index (χ1v) is 7.18. The Bertz CT molecular complexity index is 753. The van der Waals surface area contributed by atoms with Gasteiger partial charge in [-0.25, -0.2) is 0 Å². The fraction of sp³-hybridized carbons (Fsp3) is 0.438. The highest BCUT2D eigenvalue weighted by molar-refractivity contribution is 5.85. The van der Waals surface area contributed by atoms with Crippen LogP contribution in [0.3, 0.4) is 0 Å². The third kappa shape index (κ3) is 3.42. The average Bonchev–Trinajstić information content (AvgIpc) is 2.48. The molecule has 0 saturated carbocycles. The van der Waals surface area contributed by atoms with Crippen LogP contribution in [0.4, 0.5) is 5.88 Å². The molecule has 0 radical (unpaired) electrons. The smallest absolute Gasteiger partial charge is 0.203 e. The number of halogens is 2. The molecule has 128 valence electrons. The van der Waals surface area contributed by atoms with Crippen LogP contribution in [0, 0.1) is 13.8 Å². The first-order chi connectivity index (χ1) is 9.99. The number of aryl methyl sites for hydroxylation is 1. The summed E-state index contributed by atoms with van der Waals surface area (Å²) in [6.45, 7) is 7.14. The van der Waals surface area contributed by atoms with Gasteiger partial charge in [0.1, 0.15) is 11.3 Å². The summed E-state index contributed by atoms with van der Waals surface area (Å²) in [4.78, 5) is 16.9. The molecule has 1 aliphatic heterocycles. The van der Waals surface area contributed by atoms with E-state index in [1.807, 2.05) is 0 Å². The number of hydrogen-bond donors (Lipinski definition) is 1. The van der Waals surface area contributed by atoms with E-state index in [0.29, 0.717) is 28.0 Å². The van der Waals surface area contributed by atoms with E-state index in [0.717, 1.165) is 26.2 Å². The van der Waals surface area contributed by atoms with Gasteiger partial charge in [0.05, 0.1) is 10.9 Å². The molecule has 23 heavy (non-hydrogen) atoms. The van der Waals surface area contributed by atoms with E-state index in [2.05, 4.69) is 16.8 Å². The zero-order chi connectivity index (χ0) is 15.1. The summed E-state index contributed by atoms with van der Waals surface area (Å²) in [5.41, 5.74) is 1.71. The van der Waals surface area contributed by atoms with Crippen molar-refractivity contribution in [2.24, 2.45) is 0 Å². The third-order valence-corrected chi connectivity index (χ3v) is 4.27. The number of likely N-dealkylation sites (N-methyl/N-ethyl adjacent to an activating group) is 1. The van der Waals surface area contributed by atoms with Crippen LogP contribution < -0.4 is 10.3 Å². The van der Waals surface area contributed by atoms with Gasteiger partial charge in [-0.3, -0.25) is 4.79 Å². The van der Waals surface area contributed by atoms with Crippen molar-refractivity contribution in [3.8, 4) is 5.75 Å². The van der Waals surface area contributed by atoms with E-state index >= 15 is 0 Å². The van der Waals surface area contributed by atoms with Crippen LogP contribution in [0.25, 0.3) is 11.0 Å². The van der Waals surface area contributed by atoms with Gasteiger partial charge in [0, 0.05) is 31.7 Å². The normalized spacial score (nSPS) is 15.2. The van der Waals surface area contributed by atoms with Crippen LogP contribution in [-0.4, -0.2) is 43.2 Å². The summed E-state index contributed by atoms with van der Waals surface area (Å²) < 4.78 is 6.01. The second-order valence-corrected chi connectivity index (χ2v) is 5.74. The van der Waals surface area contributed by atoms with E-state index in [1.54, 1.807) is 26.0 Å². The number of phenolic OH excluding ortho intramolecular Hbond substituents is 1. The lowest BCUT2D eigenvalue weighted by molar-refractivity contribution is 0.306. The molecular weight excluding hydrogens is 339 g/mol. The Balaban J connectivity index is 0.00000132. The number of hydrogen-bond acceptors (Lipinski definition) is 5. The molecule has 1 aliphatic rings. The van der Waals surface area contributed by atoms with Crippen molar-refractivity contribution in [2.75, 3.05) is 38.1 Å². The van der Waals surface area contributed by atoms with Crippen LogP contribution in [0.5, 0.6) is 5.75 Å². The second-order valence-electron chi connectivity index (χ2n) is 5.74. The largest absolute Gasteiger partial charge is 0.508 e. The molecule has 0 bridgehead atoms. The standard InChI is InChI=1S/C16H20N2O3.2ClH/c1-10-13(19)5-4-12-14(20)11(2)16(21-15(10)12)18-8-6-17(3)7-9-18;;/h4-5,19H,6-9H2,1-3H3;2*1H. The van der Waals surface area contributed by atoms with E-state index in [9.17, 15) is 9.90 Å². The molecule has 2 aromatic rings. The number of nitrogens with zero attached hydrogens (tertiary/aromatic N) is 2. The van der Waals surface area contributed by atoms with Gasteiger partial charge in [0.15, 0.2) is 5.43 Å². The molecule has 1 aromatic heterocycles. The minimum atomic E-state index is -0.0201. The van der Waals surface area contributed by atoms with Crippen molar-refractivity contribution in [2.45, 2.75) is 13.8 Å². The Kier molecular flexibility index (Phi) is 6.33. The first kappa shape index (κ1) is 19.6. The van der Waals surface area contributed by atoms with Crippen LogP contribution in [0.2, 0.25) is 0 Å². The summed E-state index contributed by atoms with van der Waals surface area (Å²) in [6, 6.07) is 3.17. The lowest BCUT2D eigenvalue weighted by Gasteiger charge is -2.33. The summed E-state index contributed by atoms with van der Waals surface area (Å²) in [6.07, 6.45) is 0. The lowest BCUT2D eigenvalue weighted by Crippen LogP contribution is -2.45. The highest BCUT2D eigenvalue weighted by atomic mass is 35.5. The SMILES string of the molecule is Cc1c(N2CCN(C)CC2)oc2c(C)c(O)ccc2c1=O.Cl.Cl. The molecule has 1 saturated heterocycles. The average molecular weight is 361 g/mol. The monoisotopic (exact) mass is 360 g/mol.